The highest BCUT2D eigenvalue weighted by Gasteiger charge is 2.33. The summed E-state index contributed by atoms with van der Waals surface area (Å²) in [6.45, 7) is 3.13. The Labute approximate surface area is 248 Å². The van der Waals surface area contributed by atoms with Gasteiger partial charge in [0.15, 0.2) is 5.17 Å². The van der Waals surface area contributed by atoms with Crippen molar-refractivity contribution in [3.8, 4) is 0 Å². The van der Waals surface area contributed by atoms with Crippen molar-refractivity contribution in [1.82, 2.24) is 9.47 Å². The number of aliphatic imine (C=N–C) groups is 1. The second kappa shape index (κ2) is 11.9. The SMILES string of the molecule is Cc1c(/C=C2/SC(=Nc3ccccc3)N(CCc3ccccc3)C2=O)c2ccccc2n1Cc1ccc([N+](=O)[O-])cc1. The number of aromatic nitrogens is 1. The Morgan fingerprint density at radius 1 is 0.857 bits per heavy atom. The van der Waals surface area contributed by atoms with Gasteiger partial charge in [-0.1, -0.05) is 78.9 Å². The minimum absolute atomic E-state index is 0.0581. The third-order valence-corrected chi connectivity index (χ3v) is 8.39. The zero-order valence-electron chi connectivity index (χ0n) is 23.0. The van der Waals surface area contributed by atoms with E-state index in [2.05, 4.69) is 28.8 Å². The molecule has 0 N–H and O–H groups in total. The van der Waals surface area contributed by atoms with Gasteiger partial charge < -0.3 is 4.57 Å². The van der Waals surface area contributed by atoms with Crippen molar-refractivity contribution in [1.29, 1.82) is 0 Å². The van der Waals surface area contributed by atoms with Crippen molar-refractivity contribution >= 4 is 51.2 Å². The largest absolute Gasteiger partial charge is 0.340 e. The Kier molecular flexibility index (Phi) is 7.70. The predicted molar refractivity (Wildman–Crippen MR) is 170 cm³/mol. The van der Waals surface area contributed by atoms with Gasteiger partial charge in [0.1, 0.15) is 0 Å². The minimum Gasteiger partial charge on any atom is -0.340 e. The molecule has 42 heavy (non-hydrogen) atoms. The van der Waals surface area contributed by atoms with Crippen molar-refractivity contribution in [2.45, 2.75) is 19.9 Å². The van der Waals surface area contributed by atoms with Crippen molar-refractivity contribution in [2.24, 2.45) is 4.99 Å². The highest BCUT2D eigenvalue weighted by atomic mass is 32.2. The highest BCUT2D eigenvalue weighted by Crippen LogP contribution is 2.37. The number of benzene rings is 4. The van der Waals surface area contributed by atoms with Crippen LogP contribution in [0.25, 0.3) is 17.0 Å². The van der Waals surface area contributed by atoms with Gasteiger partial charge in [0.25, 0.3) is 11.6 Å². The molecule has 0 atom stereocenters. The summed E-state index contributed by atoms with van der Waals surface area (Å²) in [5, 5.41) is 12.8. The summed E-state index contributed by atoms with van der Waals surface area (Å²) in [6.07, 6.45) is 2.71. The number of hydrogen-bond donors (Lipinski definition) is 0. The van der Waals surface area contributed by atoms with E-state index in [1.165, 1.54) is 23.9 Å². The highest BCUT2D eigenvalue weighted by molar-refractivity contribution is 8.18. The number of nitrogens with zero attached hydrogens (tertiary/aromatic N) is 4. The molecule has 1 saturated heterocycles. The molecule has 4 aromatic carbocycles. The molecule has 1 amide bonds. The normalized spacial score (nSPS) is 15.3. The first-order valence-electron chi connectivity index (χ1n) is 13.7. The molecular weight excluding hydrogens is 544 g/mol. The van der Waals surface area contributed by atoms with Crippen molar-refractivity contribution in [3.05, 3.63) is 147 Å². The van der Waals surface area contributed by atoms with E-state index in [0.29, 0.717) is 23.2 Å². The first-order chi connectivity index (χ1) is 20.5. The number of non-ortho nitro benzene ring substituents is 1. The molecule has 0 saturated carbocycles. The number of thioether (sulfide) groups is 1. The van der Waals surface area contributed by atoms with Gasteiger partial charge in [0.2, 0.25) is 0 Å². The molecule has 6 rings (SSSR count). The number of nitro benzene ring substituents is 1. The van der Waals surface area contributed by atoms with Crippen molar-refractivity contribution in [3.63, 3.8) is 0 Å². The Balaban J connectivity index is 1.36. The Morgan fingerprint density at radius 2 is 1.52 bits per heavy atom. The molecule has 0 aliphatic carbocycles. The number of para-hydroxylation sites is 2. The molecule has 5 aromatic rings. The Morgan fingerprint density at radius 3 is 2.24 bits per heavy atom. The first-order valence-corrected chi connectivity index (χ1v) is 14.5. The van der Waals surface area contributed by atoms with E-state index < -0.39 is 0 Å². The van der Waals surface area contributed by atoms with Gasteiger partial charge in [-0.25, -0.2) is 4.99 Å². The third-order valence-electron chi connectivity index (χ3n) is 7.38. The second-order valence-corrected chi connectivity index (χ2v) is 11.1. The summed E-state index contributed by atoms with van der Waals surface area (Å²) < 4.78 is 2.19. The molecule has 0 radical (unpaired) electrons. The summed E-state index contributed by atoms with van der Waals surface area (Å²) in [4.78, 5) is 31.8. The fraction of sp³-hybridized carbons (Fsp3) is 0.118. The molecule has 0 spiro atoms. The maximum absolute atomic E-state index is 13.9. The summed E-state index contributed by atoms with van der Waals surface area (Å²) in [7, 11) is 0. The van der Waals surface area contributed by atoms with Gasteiger partial charge in [0.05, 0.1) is 15.5 Å². The van der Waals surface area contributed by atoms with Crippen LogP contribution < -0.4 is 0 Å². The van der Waals surface area contributed by atoms with E-state index >= 15 is 0 Å². The van der Waals surface area contributed by atoms with Gasteiger partial charge in [-0.05, 0) is 60.5 Å². The smallest absolute Gasteiger partial charge is 0.269 e. The molecular formula is C34H28N4O3S. The fourth-order valence-electron chi connectivity index (χ4n) is 5.17. The van der Waals surface area contributed by atoms with E-state index in [4.69, 9.17) is 4.99 Å². The molecule has 1 aliphatic rings. The summed E-state index contributed by atoms with van der Waals surface area (Å²) in [5.41, 5.74) is 6.02. The summed E-state index contributed by atoms with van der Waals surface area (Å²) in [6, 6.07) is 34.6. The molecule has 1 fully saturated rings. The quantitative estimate of drug-likeness (QED) is 0.108. The molecule has 2 heterocycles. The maximum atomic E-state index is 13.9. The fourth-order valence-corrected chi connectivity index (χ4v) is 6.17. The summed E-state index contributed by atoms with van der Waals surface area (Å²) in [5.74, 6) is -0.0581. The topological polar surface area (TPSA) is 80.7 Å². The van der Waals surface area contributed by atoms with Gasteiger partial charge in [-0.3, -0.25) is 19.8 Å². The minimum atomic E-state index is -0.390. The standard InChI is InChI=1S/C34H28N4O3S/c1-24-30(29-14-8-9-15-31(29)37(24)23-26-16-18-28(19-17-26)38(40)41)22-32-33(39)36(21-20-25-10-4-2-5-11-25)34(42-32)35-27-12-6-3-7-13-27/h2-19,22H,20-21,23H2,1H3/b32-22+,35-34?. The van der Waals surface area contributed by atoms with Gasteiger partial charge in [0, 0.05) is 47.4 Å². The number of amides is 1. The van der Waals surface area contributed by atoms with Crippen LogP contribution in [0.4, 0.5) is 11.4 Å². The van der Waals surface area contributed by atoms with E-state index in [1.807, 2.05) is 73.7 Å². The number of fused-ring (bicyclic) bond motifs is 1. The zero-order valence-corrected chi connectivity index (χ0v) is 23.8. The number of rotatable bonds is 8. The maximum Gasteiger partial charge on any atom is 0.269 e. The molecule has 1 aliphatic heterocycles. The number of amidine groups is 1. The zero-order chi connectivity index (χ0) is 29.1. The molecule has 0 bridgehead atoms. The average molecular weight is 573 g/mol. The first kappa shape index (κ1) is 27.2. The van der Waals surface area contributed by atoms with Crippen LogP contribution in [0.5, 0.6) is 0 Å². The lowest BCUT2D eigenvalue weighted by atomic mass is 10.1. The summed E-state index contributed by atoms with van der Waals surface area (Å²) >= 11 is 1.40. The third kappa shape index (κ3) is 5.62. The molecule has 7 nitrogen and oxygen atoms in total. The van der Waals surface area contributed by atoms with E-state index in [0.717, 1.165) is 45.4 Å². The molecule has 208 valence electrons. The number of nitro groups is 1. The van der Waals surface area contributed by atoms with Crippen LogP contribution in [0.1, 0.15) is 22.4 Å². The van der Waals surface area contributed by atoms with Crippen LogP contribution >= 0.6 is 11.8 Å². The van der Waals surface area contributed by atoms with Gasteiger partial charge >= 0.3 is 0 Å². The molecule has 0 unspecified atom stereocenters. The van der Waals surface area contributed by atoms with Crippen LogP contribution in [0, 0.1) is 17.0 Å². The number of carbonyl (C=O) groups is 1. The van der Waals surface area contributed by atoms with Gasteiger partial charge in [-0.15, -0.1) is 0 Å². The number of hydrogen-bond acceptors (Lipinski definition) is 5. The van der Waals surface area contributed by atoms with Crippen LogP contribution in [0.15, 0.2) is 119 Å². The van der Waals surface area contributed by atoms with Crippen molar-refractivity contribution in [2.75, 3.05) is 6.54 Å². The van der Waals surface area contributed by atoms with Crippen LogP contribution in [-0.4, -0.2) is 32.0 Å². The number of carbonyl (C=O) groups excluding carboxylic acids is 1. The predicted octanol–water partition coefficient (Wildman–Crippen LogP) is 7.75. The average Bonchev–Trinajstić information content (AvgIpc) is 3.45. The van der Waals surface area contributed by atoms with E-state index in [-0.39, 0.29) is 16.5 Å². The van der Waals surface area contributed by atoms with E-state index in [1.54, 1.807) is 17.0 Å². The van der Waals surface area contributed by atoms with Crippen LogP contribution in [0.3, 0.4) is 0 Å². The van der Waals surface area contributed by atoms with Gasteiger partial charge in [-0.2, -0.15) is 0 Å². The lowest BCUT2D eigenvalue weighted by Crippen LogP contribution is -2.31. The monoisotopic (exact) mass is 572 g/mol. The Hall–Kier alpha value is -4.95. The second-order valence-electron chi connectivity index (χ2n) is 10.1. The van der Waals surface area contributed by atoms with E-state index in [9.17, 15) is 14.9 Å². The van der Waals surface area contributed by atoms with Crippen molar-refractivity contribution < 1.29 is 9.72 Å². The lowest BCUT2D eigenvalue weighted by molar-refractivity contribution is -0.384. The molecule has 1 aromatic heterocycles. The van der Waals surface area contributed by atoms with Crippen LogP contribution in [0.2, 0.25) is 0 Å². The Bertz CT molecular complexity index is 1830. The molecule has 8 heteroatoms. The lowest BCUT2D eigenvalue weighted by Gasteiger charge is -2.15. The van der Waals surface area contributed by atoms with Crippen LogP contribution in [-0.2, 0) is 17.8 Å².